The molecule has 5 rings (SSSR count). The molecule has 1 amide bonds. The van der Waals surface area contributed by atoms with Gasteiger partial charge >= 0.3 is 6.09 Å². The Morgan fingerprint density at radius 3 is 2.77 bits per heavy atom. The minimum atomic E-state index is -0.813. The van der Waals surface area contributed by atoms with Crippen LogP contribution in [0.4, 0.5) is 4.79 Å². The maximum atomic E-state index is 13.3. The molecular weight excluding hydrogens is 522 g/mol. The van der Waals surface area contributed by atoms with Crippen LogP contribution < -0.4 is 15.5 Å². The number of carbonyl (C=O) groups excluding carboxylic acids is 1. The fourth-order valence-corrected chi connectivity index (χ4v) is 5.85. The van der Waals surface area contributed by atoms with Crippen LogP contribution in [0.25, 0.3) is 22.3 Å². The maximum Gasteiger partial charge on any atom is 0.415 e. The van der Waals surface area contributed by atoms with E-state index in [2.05, 4.69) is 5.32 Å². The number of likely N-dealkylation sites (N-methyl/N-ethyl adjacent to an activating group) is 2. The van der Waals surface area contributed by atoms with Gasteiger partial charge in [-0.05, 0) is 51.5 Å². The highest BCUT2D eigenvalue weighted by Gasteiger charge is 2.34. The van der Waals surface area contributed by atoms with E-state index >= 15 is 0 Å². The summed E-state index contributed by atoms with van der Waals surface area (Å²) >= 11 is 6.40. The largest absolute Gasteiger partial charge is 0.507 e. The highest BCUT2D eigenvalue weighted by Crippen LogP contribution is 2.43. The van der Waals surface area contributed by atoms with Gasteiger partial charge in [0.25, 0.3) is 0 Å². The Morgan fingerprint density at radius 2 is 2.05 bits per heavy atom. The van der Waals surface area contributed by atoms with E-state index in [1.165, 1.54) is 17.0 Å². The number of halogens is 1. The summed E-state index contributed by atoms with van der Waals surface area (Å²) in [5.74, 6) is -0.594. The average molecular weight is 556 g/mol. The van der Waals surface area contributed by atoms with Crippen LogP contribution >= 0.6 is 11.6 Å². The van der Waals surface area contributed by atoms with Gasteiger partial charge in [-0.15, -0.1) is 0 Å². The predicted octanol–water partition coefficient (Wildman–Crippen LogP) is 4.17. The van der Waals surface area contributed by atoms with E-state index in [0.717, 1.165) is 25.8 Å². The van der Waals surface area contributed by atoms with Crippen molar-refractivity contribution in [3.63, 3.8) is 0 Å². The van der Waals surface area contributed by atoms with Crippen LogP contribution in [0.1, 0.15) is 37.2 Å². The second-order valence-electron chi connectivity index (χ2n) is 10.6. The van der Waals surface area contributed by atoms with Crippen molar-refractivity contribution >= 4 is 28.7 Å². The zero-order valence-electron chi connectivity index (χ0n) is 22.2. The number of fused-ring (bicyclic) bond motifs is 1. The molecule has 10 heteroatoms. The molecule has 0 radical (unpaired) electrons. The molecule has 2 aliphatic heterocycles. The van der Waals surface area contributed by atoms with Gasteiger partial charge in [0.05, 0.1) is 11.1 Å². The molecule has 208 valence electrons. The molecule has 2 aliphatic rings. The molecule has 2 aromatic carbocycles. The molecule has 1 aromatic heterocycles. The van der Waals surface area contributed by atoms with Gasteiger partial charge in [-0.1, -0.05) is 30.2 Å². The van der Waals surface area contributed by atoms with Crippen LogP contribution in [-0.4, -0.2) is 78.5 Å². The third-order valence-corrected chi connectivity index (χ3v) is 8.02. The number of β-amino-alcohol motifs (C(OH)–C–C–N with tert-alkyl or cyclic N) is 1. The lowest BCUT2D eigenvalue weighted by atomic mass is 9.85. The van der Waals surface area contributed by atoms with Crippen LogP contribution in [0.2, 0.25) is 5.02 Å². The number of piperidine rings is 2. The topological polar surface area (TPSA) is 115 Å². The number of benzene rings is 2. The minimum absolute atomic E-state index is 0.0357. The third kappa shape index (κ3) is 5.77. The van der Waals surface area contributed by atoms with Gasteiger partial charge < -0.3 is 34.5 Å². The second-order valence-corrected chi connectivity index (χ2v) is 11.0. The van der Waals surface area contributed by atoms with E-state index in [-0.39, 0.29) is 34.3 Å². The normalized spacial score (nSPS) is 22.1. The Hall–Kier alpha value is -3.11. The van der Waals surface area contributed by atoms with Gasteiger partial charge in [0.1, 0.15) is 28.2 Å². The number of likely N-dealkylation sites (tertiary alicyclic amines) is 1. The van der Waals surface area contributed by atoms with Crippen molar-refractivity contribution in [3.05, 3.63) is 57.2 Å². The van der Waals surface area contributed by atoms with Crippen molar-refractivity contribution in [3.8, 4) is 22.8 Å². The van der Waals surface area contributed by atoms with Crippen molar-refractivity contribution in [2.45, 2.75) is 43.7 Å². The first-order valence-electron chi connectivity index (χ1n) is 13.3. The monoisotopic (exact) mass is 555 g/mol. The van der Waals surface area contributed by atoms with Crippen molar-refractivity contribution < 1.29 is 24.2 Å². The number of rotatable bonds is 5. The number of hydrogen-bond acceptors (Lipinski definition) is 8. The van der Waals surface area contributed by atoms with Gasteiger partial charge in [-0.3, -0.25) is 4.79 Å². The van der Waals surface area contributed by atoms with Crippen molar-refractivity contribution in [1.82, 2.24) is 15.1 Å². The van der Waals surface area contributed by atoms with Gasteiger partial charge in [-0.2, -0.15) is 0 Å². The zero-order chi connectivity index (χ0) is 27.7. The predicted molar refractivity (Wildman–Crippen MR) is 150 cm³/mol. The number of phenols is 1. The van der Waals surface area contributed by atoms with Crippen LogP contribution in [0.15, 0.2) is 45.6 Å². The molecule has 2 fully saturated rings. The molecule has 0 spiro atoms. The molecule has 0 bridgehead atoms. The lowest BCUT2D eigenvalue weighted by molar-refractivity contribution is 0.0628. The molecule has 3 atom stereocenters. The molecule has 0 saturated carbocycles. The molecule has 3 N–H and O–H groups in total. The van der Waals surface area contributed by atoms with Gasteiger partial charge in [0.2, 0.25) is 0 Å². The Morgan fingerprint density at radius 1 is 1.26 bits per heavy atom. The van der Waals surface area contributed by atoms with E-state index in [4.69, 9.17) is 20.8 Å². The summed E-state index contributed by atoms with van der Waals surface area (Å²) in [5.41, 5.74) is 0.498. The summed E-state index contributed by atoms with van der Waals surface area (Å²) in [6, 6.07) is 9.71. The number of ether oxygens (including phenoxy) is 1. The van der Waals surface area contributed by atoms with Crippen LogP contribution in [0, 0.1) is 0 Å². The van der Waals surface area contributed by atoms with E-state index < -0.39 is 23.5 Å². The molecule has 39 heavy (non-hydrogen) atoms. The summed E-state index contributed by atoms with van der Waals surface area (Å²) in [5, 5.41) is 25.8. The fourth-order valence-electron chi connectivity index (χ4n) is 5.62. The quantitative estimate of drug-likeness (QED) is 0.430. The molecule has 9 nitrogen and oxygen atoms in total. The van der Waals surface area contributed by atoms with E-state index in [9.17, 15) is 19.8 Å². The first-order chi connectivity index (χ1) is 18.7. The number of aliphatic hydroxyl groups excluding tert-OH is 1. The number of phenolic OH excluding ortho intramolecular Hbond substituents is 1. The molecule has 0 aliphatic carbocycles. The van der Waals surface area contributed by atoms with Crippen LogP contribution in [0.5, 0.6) is 11.5 Å². The van der Waals surface area contributed by atoms with E-state index in [0.29, 0.717) is 42.2 Å². The van der Waals surface area contributed by atoms with Gasteiger partial charge in [0.15, 0.2) is 5.43 Å². The molecular formula is C29H34ClN3O6. The lowest BCUT2D eigenvalue weighted by Gasteiger charge is -2.35. The summed E-state index contributed by atoms with van der Waals surface area (Å²) < 4.78 is 12.1. The maximum absolute atomic E-state index is 13.3. The number of nitrogens with one attached hydrogen (secondary N) is 1. The molecule has 2 saturated heterocycles. The van der Waals surface area contributed by atoms with Gasteiger partial charge in [-0.25, -0.2) is 4.79 Å². The number of hydrogen-bond donors (Lipinski definition) is 3. The molecule has 0 unspecified atom stereocenters. The second kappa shape index (κ2) is 11.6. The highest BCUT2D eigenvalue weighted by atomic mass is 35.5. The fraction of sp³-hybridized carbons (Fsp3) is 0.448. The van der Waals surface area contributed by atoms with Crippen molar-refractivity contribution in [2.75, 3.05) is 40.3 Å². The minimum Gasteiger partial charge on any atom is -0.507 e. The van der Waals surface area contributed by atoms with Crippen molar-refractivity contribution in [2.24, 2.45) is 0 Å². The Labute approximate surface area is 231 Å². The lowest BCUT2D eigenvalue weighted by Crippen LogP contribution is -2.45. The first kappa shape index (κ1) is 27.5. The standard InChI is InChI=1S/C29H34ClN3O6/c1-32-12-10-19(23(36)16-32)26-25(39-29(37)33(2)15-17-7-5-6-11-31-17)14-22(35)27-21(34)13-24(38-28(26)27)18-8-3-4-9-20(18)30/h3-4,8-9,13-14,17,19,23,31,35-36H,5-7,10-12,15-16H2,1-2H3/t17-,19-,23+/m0/s1. The SMILES string of the molecule is CN1CC[C@H](c2c(OC(=O)N(C)C[C@@H]3CCCCN3)cc(O)c3c(=O)cc(-c4ccccc4Cl)oc23)[C@H](O)C1. The van der Waals surface area contributed by atoms with E-state index in [1.807, 2.05) is 11.9 Å². The summed E-state index contributed by atoms with van der Waals surface area (Å²) in [4.78, 5) is 30.0. The number of carbonyl (C=O) groups is 1. The zero-order valence-corrected chi connectivity index (χ0v) is 22.9. The molecule has 3 aromatic rings. The number of aromatic hydroxyl groups is 1. The summed E-state index contributed by atoms with van der Waals surface area (Å²) in [6.45, 7) is 2.45. The third-order valence-electron chi connectivity index (χ3n) is 7.69. The average Bonchev–Trinajstić information content (AvgIpc) is 2.90. The van der Waals surface area contributed by atoms with Crippen molar-refractivity contribution in [1.29, 1.82) is 0 Å². The number of aliphatic hydroxyl groups is 1. The van der Waals surface area contributed by atoms with Gasteiger partial charge in [0, 0.05) is 55.4 Å². The summed E-state index contributed by atoms with van der Waals surface area (Å²) in [6.07, 6.45) is 2.30. The Kier molecular flexibility index (Phi) is 8.13. The highest BCUT2D eigenvalue weighted by molar-refractivity contribution is 6.33. The Balaban J connectivity index is 1.61. The number of nitrogens with zero attached hydrogens (tertiary/aromatic N) is 2. The molecule has 3 heterocycles. The smallest absolute Gasteiger partial charge is 0.415 e. The number of amides is 1. The van der Waals surface area contributed by atoms with E-state index in [1.54, 1.807) is 31.3 Å². The summed E-state index contributed by atoms with van der Waals surface area (Å²) in [7, 11) is 3.58. The first-order valence-corrected chi connectivity index (χ1v) is 13.7. The Bertz CT molecular complexity index is 1420. The van der Waals surface area contributed by atoms with Crippen LogP contribution in [0.3, 0.4) is 0 Å². The van der Waals surface area contributed by atoms with Crippen LogP contribution in [-0.2, 0) is 0 Å².